The molecule has 3 aromatic rings. The Hall–Kier alpha value is -2.67. The van der Waals surface area contributed by atoms with Crippen LogP contribution in [0.1, 0.15) is 21.7 Å². The van der Waals surface area contributed by atoms with Gasteiger partial charge in [0.2, 0.25) is 5.76 Å². The number of aryl methyl sites for hydroxylation is 2. The van der Waals surface area contributed by atoms with Crippen molar-refractivity contribution in [2.75, 3.05) is 0 Å². The number of carbonyl (C=O) groups is 1. The summed E-state index contributed by atoms with van der Waals surface area (Å²) < 4.78 is 45.8. The van der Waals surface area contributed by atoms with Crippen LogP contribution >= 0.6 is 11.6 Å². The normalized spacial score (nSPS) is 11.7. The molecule has 2 aromatic carbocycles. The van der Waals surface area contributed by atoms with E-state index in [2.05, 4.69) is 4.74 Å². The van der Waals surface area contributed by atoms with Gasteiger partial charge in [-0.2, -0.15) is 0 Å². The Balaban J connectivity index is 1.71. The number of fused-ring (bicyclic) bond motifs is 1. The minimum Gasteiger partial charge on any atom is -0.475 e. The van der Waals surface area contributed by atoms with Gasteiger partial charge in [-0.05, 0) is 48.2 Å². The number of carboxylic acids is 1. The van der Waals surface area contributed by atoms with Crippen molar-refractivity contribution in [1.29, 1.82) is 0 Å². The molecular weight excluding hydrogens is 373 g/mol. The second kappa shape index (κ2) is 6.92. The molecule has 1 N–H and O–H groups in total. The maximum Gasteiger partial charge on any atom is 0.573 e. The first-order chi connectivity index (χ1) is 12.2. The van der Waals surface area contributed by atoms with Crippen LogP contribution < -0.4 is 4.74 Å². The predicted octanol–water partition coefficient (Wildman–Crippen LogP) is 5.47. The highest BCUT2D eigenvalue weighted by atomic mass is 35.5. The fourth-order valence-electron chi connectivity index (χ4n) is 2.53. The quantitative estimate of drug-likeness (QED) is 0.633. The van der Waals surface area contributed by atoms with Gasteiger partial charge in [-0.15, -0.1) is 13.2 Å². The SMILES string of the molecule is O=C(O)c1cc2ccc(CCc3ccc(OC(F)(F)F)c(Cl)c3)cc2o1. The van der Waals surface area contributed by atoms with Crippen LogP contribution in [0.4, 0.5) is 13.2 Å². The Kier molecular flexibility index (Phi) is 4.82. The zero-order chi connectivity index (χ0) is 18.9. The van der Waals surface area contributed by atoms with Gasteiger partial charge in [-0.1, -0.05) is 29.8 Å². The number of carboxylic acid groups (broad SMARTS) is 1. The lowest BCUT2D eigenvalue weighted by Gasteiger charge is -2.11. The summed E-state index contributed by atoms with van der Waals surface area (Å²) in [5, 5.41) is 9.50. The molecule has 26 heavy (non-hydrogen) atoms. The Morgan fingerprint density at radius 3 is 2.35 bits per heavy atom. The van der Waals surface area contributed by atoms with Gasteiger partial charge in [0.25, 0.3) is 0 Å². The number of hydrogen-bond donors (Lipinski definition) is 1. The number of hydrogen-bond acceptors (Lipinski definition) is 3. The number of ether oxygens (including phenoxy) is 1. The predicted molar refractivity (Wildman–Crippen MR) is 88.7 cm³/mol. The first-order valence-electron chi connectivity index (χ1n) is 7.51. The van der Waals surface area contributed by atoms with Crippen LogP contribution in [-0.2, 0) is 12.8 Å². The average molecular weight is 385 g/mol. The van der Waals surface area contributed by atoms with Crippen molar-refractivity contribution in [1.82, 2.24) is 0 Å². The molecule has 0 radical (unpaired) electrons. The van der Waals surface area contributed by atoms with Crippen molar-refractivity contribution in [2.24, 2.45) is 0 Å². The molecule has 0 fully saturated rings. The Morgan fingerprint density at radius 2 is 1.73 bits per heavy atom. The summed E-state index contributed by atoms with van der Waals surface area (Å²) in [6.45, 7) is 0. The molecule has 1 aromatic heterocycles. The fourth-order valence-corrected chi connectivity index (χ4v) is 2.77. The smallest absolute Gasteiger partial charge is 0.475 e. The van der Waals surface area contributed by atoms with E-state index in [0.717, 1.165) is 11.1 Å². The minimum atomic E-state index is -4.79. The summed E-state index contributed by atoms with van der Waals surface area (Å²) in [6.07, 6.45) is -3.68. The van der Waals surface area contributed by atoms with Gasteiger partial charge in [0, 0.05) is 5.39 Å². The maximum atomic E-state index is 12.2. The van der Waals surface area contributed by atoms with Gasteiger partial charge in [0.05, 0.1) is 5.02 Å². The van der Waals surface area contributed by atoms with E-state index in [4.69, 9.17) is 21.1 Å². The van der Waals surface area contributed by atoms with E-state index in [0.29, 0.717) is 23.8 Å². The number of furan rings is 1. The van der Waals surface area contributed by atoms with E-state index in [1.54, 1.807) is 12.1 Å². The Labute approximate surface area is 150 Å². The second-order valence-electron chi connectivity index (χ2n) is 5.60. The molecule has 1 heterocycles. The van der Waals surface area contributed by atoms with Gasteiger partial charge < -0.3 is 14.3 Å². The van der Waals surface area contributed by atoms with Crippen molar-refractivity contribution >= 4 is 28.5 Å². The summed E-state index contributed by atoms with van der Waals surface area (Å²) >= 11 is 5.83. The van der Waals surface area contributed by atoms with Gasteiger partial charge in [-0.25, -0.2) is 4.79 Å². The largest absolute Gasteiger partial charge is 0.573 e. The molecule has 0 bridgehead atoms. The summed E-state index contributed by atoms with van der Waals surface area (Å²) in [4.78, 5) is 10.9. The molecule has 0 saturated heterocycles. The second-order valence-corrected chi connectivity index (χ2v) is 6.01. The monoisotopic (exact) mass is 384 g/mol. The van der Waals surface area contributed by atoms with E-state index in [9.17, 15) is 18.0 Å². The Bertz CT molecular complexity index is 963. The van der Waals surface area contributed by atoms with Crippen LogP contribution in [0.25, 0.3) is 11.0 Å². The van der Waals surface area contributed by atoms with Gasteiger partial charge >= 0.3 is 12.3 Å². The standard InChI is InChI=1S/C18H12ClF3O4/c19-13-7-10(4-6-14(13)26-18(20,21)22)1-2-11-3-5-12-9-16(17(23)24)25-15(12)8-11/h3-9H,1-2H2,(H,23,24). The third-order valence-electron chi connectivity index (χ3n) is 3.72. The lowest BCUT2D eigenvalue weighted by molar-refractivity contribution is -0.274. The topological polar surface area (TPSA) is 59.7 Å². The van der Waals surface area contributed by atoms with E-state index >= 15 is 0 Å². The summed E-state index contributed by atoms with van der Waals surface area (Å²) in [5.41, 5.74) is 2.11. The van der Waals surface area contributed by atoms with E-state index in [1.807, 2.05) is 6.07 Å². The molecule has 0 spiro atoms. The number of benzene rings is 2. The van der Waals surface area contributed by atoms with Crippen LogP contribution in [0, 0.1) is 0 Å². The lowest BCUT2D eigenvalue weighted by Crippen LogP contribution is -2.17. The van der Waals surface area contributed by atoms with Gasteiger partial charge in [-0.3, -0.25) is 0 Å². The first kappa shape index (κ1) is 18.1. The third-order valence-corrected chi connectivity index (χ3v) is 4.01. The van der Waals surface area contributed by atoms with Crippen molar-refractivity contribution in [3.8, 4) is 5.75 Å². The first-order valence-corrected chi connectivity index (χ1v) is 7.89. The third kappa shape index (κ3) is 4.29. The molecule has 8 heteroatoms. The molecular formula is C18H12ClF3O4. The highest BCUT2D eigenvalue weighted by molar-refractivity contribution is 6.32. The van der Waals surface area contributed by atoms with Crippen molar-refractivity contribution in [3.05, 3.63) is 64.4 Å². The zero-order valence-electron chi connectivity index (χ0n) is 13.1. The highest BCUT2D eigenvalue weighted by Gasteiger charge is 2.32. The molecule has 0 aliphatic carbocycles. The molecule has 3 rings (SSSR count). The number of alkyl halides is 3. The maximum absolute atomic E-state index is 12.2. The van der Waals surface area contributed by atoms with Gasteiger partial charge in [0.1, 0.15) is 11.3 Å². The lowest BCUT2D eigenvalue weighted by atomic mass is 10.0. The molecule has 4 nitrogen and oxygen atoms in total. The number of rotatable bonds is 5. The fraction of sp³-hybridized carbons (Fsp3) is 0.167. The van der Waals surface area contributed by atoms with Crippen LogP contribution in [-0.4, -0.2) is 17.4 Å². The molecule has 0 atom stereocenters. The van der Waals surface area contributed by atoms with Crippen LogP contribution in [0.5, 0.6) is 5.75 Å². The number of aromatic carboxylic acids is 1. The molecule has 0 unspecified atom stereocenters. The van der Waals surface area contributed by atoms with E-state index < -0.39 is 18.1 Å². The van der Waals surface area contributed by atoms with Gasteiger partial charge in [0.15, 0.2) is 0 Å². The highest BCUT2D eigenvalue weighted by Crippen LogP contribution is 2.31. The van der Waals surface area contributed by atoms with Crippen LogP contribution in [0.3, 0.4) is 0 Å². The molecule has 0 aliphatic rings. The number of halogens is 4. The van der Waals surface area contributed by atoms with E-state index in [1.165, 1.54) is 24.3 Å². The molecule has 0 saturated carbocycles. The van der Waals surface area contributed by atoms with E-state index in [-0.39, 0.29) is 10.8 Å². The van der Waals surface area contributed by atoms with Crippen molar-refractivity contribution < 1.29 is 32.2 Å². The summed E-state index contributed by atoms with van der Waals surface area (Å²) in [5.74, 6) is -1.72. The molecule has 0 amide bonds. The van der Waals surface area contributed by atoms with Crippen LogP contribution in [0.15, 0.2) is 46.9 Å². The average Bonchev–Trinajstić information content (AvgIpc) is 2.97. The summed E-state index contributed by atoms with van der Waals surface area (Å²) in [6, 6.07) is 10.9. The van der Waals surface area contributed by atoms with Crippen molar-refractivity contribution in [2.45, 2.75) is 19.2 Å². The van der Waals surface area contributed by atoms with Crippen LogP contribution in [0.2, 0.25) is 5.02 Å². The molecule has 0 aliphatic heterocycles. The minimum absolute atomic E-state index is 0.118. The molecule has 136 valence electrons. The summed E-state index contributed by atoms with van der Waals surface area (Å²) in [7, 11) is 0. The Morgan fingerprint density at radius 1 is 1.08 bits per heavy atom. The van der Waals surface area contributed by atoms with Crippen molar-refractivity contribution in [3.63, 3.8) is 0 Å². The zero-order valence-corrected chi connectivity index (χ0v) is 13.9.